The van der Waals surface area contributed by atoms with Crippen molar-refractivity contribution in [3.63, 3.8) is 0 Å². The van der Waals surface area contributed by atoms with E-state index in [-0.39, 0.29) is 12.0 Å². The van der Waals surface area contributed by atoms with Gasteiger partial charge in [-0.2, -0.15) is 0 Å². The minimum absolute atomic E-state index is 0.102. The molecule has 7 nitrogen and oxygen atoms in total. The molecule has 1 unspecified atom stereocenters. The molecule has 1 aromatic carbocycles. The van der Waals surface area contributed by atoms with Crippen LogP contribution in [0.4, 0.5) is 4.79 Å². The second-order valence-electron chi connectivity index (χ2n) is 9.83. The van der Waals surface area contributed by atoms with Gasteiger partial charge in [-0.1, -0.05) is 24.3 Å². The van der Waals surface area contributed by atoms with Crippen LogP contribution in [0.15, 0.2) is 24.3 Å². The zero-order valence-corrected chi connectivity index (χ0v) is 19.0. The van der Waals surface area contributed by atoms with Crippen molar-refractivity contribution >= 4 is 12.0 Å². The minimum Gasteiger partial charge on any atom is -0.444 e. The molecule has 0 saturated carbocycles. The molecule has 2 fully saturated rings. The molecule has 31 heavy (non-hydrogen) atoms. The summed E-state index contributed by atoms with van der Waals surface area (Å²) in [4.78, 5) is 31.6. The zero-order valence-electron chi connectivity index (χ0n) is 19.0. The lowest BCUT2D eigenvalue weighted by molar-refractivity contribution is -0.152. The highest BCUT2D eigenvalue weighted by Crippen LogP contribution is 2.24. The first-order chi connectivity index (χ1) is 14.8. The predicted octanol–water partition coefficient (Wildman–Crippen LogP) is 2.67. The van der Waals surface area contributed by atoms with Crippen molar-refractivity contribution in [1.29, 1.82) is 0 Å². The predicted molar refractivity (Wildman–Crippen MR) is 118 cm³/mol. The van der Waals surface area contributed by atoms with Crippen LogP contribution in [0, 0.1) is 0 Å². The van der Waals surface area contributed by atoms with Gasteiger partial charge in [0.05, 0.1) is 6.61 Å². The van der Waals surface area contributed by atoms with Crippen LogP contribution in [0.1, 0.15) is 44.7 Å². The summed E-state index contributed by atoms with van der Waals surface area (Å²) in [5, 5.41) is 0. The number of hydrogen-bond acceptors (Lipinski definition) is 5. The topological polar surface area (TPSA) is 62.3 Å². The first-order valence-electron chi connectivity index (χ1n) is 11.5. The monoisotopic (exact) mass is 429 g/mol. The van der Waals surface area contributed by atoms with Crippen LogP contribution in [0.25, 0.3) is 0 Å². The van der Waals surface area contributed by atoms with Crippen molar-refractivity contribution in [3.8, 4) is 0 Å². The average molecular weight is 430 g/mol. The highest BCUT2D eigenvalue weighted by molar-refractivity contribution is 5.81. The summed E-state index contributed by atoms with van der Waals surface area (Å²) in [6.07, 6.45) is 2.07. The van der Waals surface area contributed by atoms with E-state index < -0.39 is 11.7 Å². The molecule has 0 radical (unpaired) electrons. The molecule has 0 aromatic heterocycles. The Bertz CT molecular complexity index is 798. The molecule has 1 atom stereocenters. The van der Waals surface area contributed by atoms with Crippen molar-refractivity contribution in [2.45, 2.75) is 64.3 Å². The summed E-state index contributed by atoms with van der Waals surface area (Å²) in [5.41, 5.74) is 2.11. The highest BCUT2D eigenvalue weighted by atomic mass is 16.6. The summed E-state index contributed by atoms with van der Waals surface area (Å²) < 4.78 is 11.4. The Hall–Kier alpha value is -2.12. The first kappa shape index (κ1) is 22.1. The molecule has 4 rings (SSSR count). The lowest BCUT2D eigenvalue weighted by Crippen LogP contribution is -2.56. The SMILES string of the molecule is CC(C)(C)OC(=O)N1CCC(N2CCOC(C(=O)N3CCc4ccccc4C3)C2)CC1. The third-order valence-electron chi connectivity index (χ3n) is 6.45. The fourth-order valence-electron chi connectivity index (χ4n) is 4.78. The van der Waals surface area contributed by atoms with Crippen molar-refractivity contribution < 1.29 is 19.1 Å². The van der Waals surface area contributed by atoms with Crippen LogP contribution in [-0.4, -0.2) is 83.8 Å². The van der Waals surface area contributed by atoms with E-state index in [9.17, 15) is 9.59 Å². The van der Waals surface area contributed by atoms with Gasteiger partial charge in [-0.05, 0) is 51.2 Å². The van der Waals surface area contributed by atoms with Crippen LogP contribution >= 0.6 is 0 Å². The molecule has 3 heterocycles. The number of fused-ring (bicyclic) bond motifs is 1. The summed E-state index contributed by atoms with van der Waals surface area (Å²) in [6.45, 7) is 10.5. The zero-order chi connectivity index (χ0) is 22.0. The number of piperidine rings is 1. The molecule has 2 amide bonds. The molecule has 0 bridgehead atoms. The lowest BCUT2D eigenvalue weighted by Gasteiger charge is -2.43. The molecular weight excluding hydrogens is 394 g/mol. The van der Waals surface area contributed by atoms with Crippen LogP contribution in [0.2, 0.25) is 0 Å². The number of ether oxygens (including phenoxy) is 2. The second kappa shape index (κ2) is 9.17. The van der Waals surface area contributed by atoms with E-state index in [4.69, 9.17) is 9.47 Å². The number of likely N-dealkylation sites (tertiary alicyclic amines) is 1. The van der Waals surface area contributed by atoms with E-state index in [0.717, 1.165) is 32.4 Å². The molecule has 170 valence electrons. The highest BCUT2D eigenvalue weighted by Gasteiger charge is 2.36. The molecule has 1 aromatic rings. The van der Waals surface area contributed by atoms with E-state index in [1.54, 1.807) is 4.90 Å². The van der Waals surface area contributed by atoms with Crippen LogP contribution in [0.3, 0.4) is 0 Å². The van der Waals surface area contributed by atoms with Gasteiger partial charge in [0.25, 0.3) is 5.91 Å². The Labute approximate surface area is 185 Å². The average Bonchev–Trinajstić information content (AvgIpc) is 2.77. The molecule has 0 spiro atoms. The minimum atomic E-state index is -0.472. The Morgan fingerprint density at radius 3 is 2.42 bits per heavy atom. The van der Waals surface area contributed by atoms with E-state index >= 15 is 0 Å². The van der Waals surface area contributed by atoms with Crippen molar-refractivity contribution in [2.24, 2.45) is 0 Å². The summed E-state index contributed by atoms with van der Waals surface area (Å²) in [7, 11) is 0. The molecule has 3 aliphatic heterocycles. The normalized spacial score (nSPS) is 23.4. The summed E-state index contributed by atoms with van der Waals surface area (Å²) in [5.74, 6) is 0.102. The molecular formula is C24H35N3O4. The standard InChI is InChI=1S/C24H35N3O4/c1-24(2,3)31-23(29)25-12-9-20(10-13-25)26-14-15-30-21(17-26)22(28)27-11-8-18-6-4-5-7-19(18)16-27/h4-7,20-21H,8-17H2,1-3H3. The Morgan fingerprint density at radius 1 is 1.00 bits per heavy atom. The maximum absolute atomic E-state index is 13.2. The number of rotatable bonds is 2. The Balaban J connectivity index is 1.29. The quantitative estimate of drug-likeness (QED) is 0.723. The van der Waals surface area contributed by atoms with Crippen molar-refractivity contribution in [2.75, 3.05) is 39.3 Å². The van der Waals surface area contributed by atoms with Gasteiger partial charge in [-0.25, -0.2) is 4.79 Å². The summed E-state index contributed by atoms with van der Waals surface area (Å²) >= 11 is 0. The molecule has 2 saturated heterocycles. The van der Waals surface area contributed by atoms with Crippen molar-refractivity contribution in [1.82, 2.24) is 14.7 Å². The number of hydrogen-bond donors (Lipinski definition) is 0. The third-order valence-corrected chi connectivity index (χ3v) is 6.45. The maximum atomic E-state index is 13.2. The molecule has 0 N–H and O–H groups in total. The molecule has 0 aliphatic carbocycles. The van der Waals surface area contributed by atoms with Gasteiger partial charge in [0.2, 0.25) is 0 Å². The number of benzene rings is 1. The lowest BCUT2D eigenvalue weighted by atomic mass is 9.99. The van der Waals surface area contributed by atoms with Gasteiger partial charge < -0.3 is 19.3 Å². The number of carbonyl (C=O) groups excluding carboxylic acids is 2. The number of amides is 2. The van der Waals surface area contributed by atoms with Gasteiger partial charge in [0.1, 0.15) is 11.7 Å². The van der Waals surface area contributed by atoms with E-state index in [1.807, 2.05) is 31.7 Å². The van der Waals surface area contributed by atoms with Crippen molar-refractivity contribution in [3.05, 3.63) is 35.4 Å². The van der Waals surface area contributed by atoms with Crippen LogP contribution in [-0.2, 0) is 27.2 Å². The van der Waals surface area contributed by atoms with E-state index in [0.29, 0.717) is 38.8 Å². The van der Waals surface area contributed by atoms with Gasteiger partial charge in [-0.3, -0.25) is 9.69 Å². The first-order valence-corrected chi connectivity index (χ1v) is 11.5. The fraction of sp³-hybridized carbons (Fsp3) is 0.667. The van der Waals surface area contributed by atoms with Gasteiger partial charge in [-0.15, -0.1) is 0 Å². The fourth-order valence-corrected chi connectivity index (χ4v) is 4.78. The Kier molecular flexibility index (Phi) is 6.53. The Morgan fingerprint density at radius 2 is 1.71 bits per heavy atom. The molecule has 7 heteroatoms. The number of nitrogens with zero attached hydrogens (tertiary/aromatic N) is 3. The summed E-state index contributed by atoms with van der Waals surface area (Å²) in [6, 6.07) is 8.74. The second-order valence-corrected chi connectivity index (χ2v) is 9.83. The van der Waals surface area contributed by atoms with Gasteiger partial charge in [0, 0.05) is 45.3 Å². The van der Waals surface area contributed by atoms with E-state index in [2.05, 4.69) is 23.1 Å². The smallest absolute Gasteiger partial charge is 0.410 e. The third kappa shape index (κ3) is 5.39. The van der Waals surface area contributed by atoms with Crippen LogP contribution < -0.4 is 0 Å². The number of morpholine rings is 1. The molecule has 3 aliphatic rings. The maximum Gasteiger partial charge on any atom is 0.410 e. The van der Waals surface area contributed by atoms with Gasteiger partial charge >= 0.3 is 6.09 Å². The van der Waals surface area contributed by atoms with Gasteiger partial charge in [0.15, 0.2) is 0 Å². The van der Waals surface area contributed by atoms with Crippen LogP contribution in [0.5, 0.6) is 0 Å². The van der Waals surface area contributed by atoms with E-state index in [1.165, 1.54) is 11.1 Å². The number of carbonyl (C=O) groups is 2. The largest absolute Gasteiger partial charge is 0.444 e.